The molecule has 3 heterocycles. The van der Waals surface area contributed by atoms with Crippen LogP contribution in [-0.4, -0.2) is 62.1 Å². The van der Waals surface area contributed by atoms with Crippen LogP contribution in [0.1, 0.15) is 38.2 Å². The Labute approximate surface area is 217 Å². The summed E-state index contributed by atoms with van der Waals surface area (Å²) in [6.07, 6.45) is 2.25. The molecule has 0 aliphatic rings. The monoisotopic (exact) mass is 526 g/mol. The second kappa shape index (κ2) is 10.1. The van der Waals surface area contributed by atoms with E-state index in [0.29, 0.717) is 22.6 Å². The first kappa shape index (κ1) is 25.9. The molecule has 37 heavy (non-hydrogen) atoms. The Balaban J connectivity index is 1.50. The minimum absolute atomic E-state index is 0.0673. The molecule has 4 rings (SSSR count). The van der Waals surface area contributed by atoms with E-state index in [2.05, 4.69) is 25.6 Å². The molecular weight excluding hydrogens is 500 g/mol. The predicted octanol–water partition coefficient (Wildman–Crippen LogP) is 3.48. The maximum absolute atomic E-state index is 13.1. The summed E-state index contributed by atoms with van der Waals surface area (Å²) >= 11 is 6.21. The van der Waals surface area contributed by atoms with Gasteiger partial charge in [-0.2, -0.15) is 15.3 Å². The summed E-state index contributed by atoms with van der Waals surface area (Å²) in [5.74, 6) is 0.0441. The lowest BCUT2D eigenvalue weighted by Crippen LogP contribution is -2.37. The molecule has 0 bridgehead atoms. The molecule has 13 heteroatoms. The Kier molecular flexibility index (Phi) is 7.03. The van der Waals surface area contributed by atoms with Gasteiger partial charge >= 0.3 is 6.09 Å². The van der Waals surface area contributed by atoms with Crippen molar-refractivity contribution in [1.29, 1.82) is 0 Å². The normalized spacial score (nSPS) is 12.4. The van der Waals surface area contributed by atoms with Crippen molar-refractivity contribution in [3.63, 3.8) is 0 Å². The molecule has 0 spiro atoms. The SMILES string of the molecule is C[C@H](COc1cnnc2ccc(N)cc12)NC(=O)c1cnc2c(N(C)C(=O)OC(C)(C)C)cc(Cl)nn12. The minimum Gasteiger partial charge on any atom is -0.489 e. The fraction of sp³-hybridized carbons (Fsp3) is 0.333. The zero-order valence-corrected chi connectivity index (χ0v) is 21.8. The van der Waals surface area contributed by atoms with Gasteiger partial charge in [0, 0.05) is 24.2 Å². The highest BCUT2D eigenvalue weighted by Crippen LogP contribution is 2.26. The van der Waals surface area contributed by atoms with Crippen LogP contribution >= 0.6 is 11.6 Å². The standard InChI is InChI=1S/C24H27ClN8O4/c1-13(12-36-19-11-28-30-16-7-6-14(26)8-15(16)19)29-22(34)18-10-27-21-17(9-20(25)31-33(18)21)32(5)23(35)37-24(2,3)4/h6-11,13H,12,26H2,1-5H3,(H,29,34)/t13-/m1/s1. The number of amides is 2. The smallest absolute Gasteiger partial charge is 0.414 e. The number of carbonyl (C=O) groups is 2. The quantitative estimate of drug-likeness (QED) is 0.360. The van der Waals surface area contributed by atoms with Crippen molar-refractivity contribution in [3.8, 4) is 5.75 Å². The van der Waals surface area contributed by atoms with Crippen molar-refractivity contribution in [2.24, 2.45) is 0 Å². The Morgan fingerprint density at radius 1 is 1.24 bits per heavy atom. The highest BCUT2D eigenvalue weighted by molar-refractivity contribution is 6.29. The van der Waals surface area contributed by atoms with Crippen LogP contribution in [0.15, 0.2) is 36.7 Å². The van der Waals surface area contributed by atoms with Gasteiger partial charge in [-0.25, -0.2) is 14.3 Å². The second-order valence-corrected chi connectivity index (χ2v) is 9.83. The fourth-order valence-electron chi connectivity index (χ4n) is 3.47. The lowest BCUT2D eigenvalue weighted by atomic mass is 10.2. The number of hydrogen-bond acceptors (Lipinski definition) is 9. The van der Waals surface area contributed by atoms with E-state index in [-0.39, 0.29) is 23.1 Å². The first-order valence-corrected chi connectivity index (χ1v) is 11.8. The van der Waals surface area contributed by atoms with Crippen LogP contribution in [0.3, 0.4) is 0 Å². The summed E-state index contributed by atoms with van der Waals surface area (Å²) in [6, 6.07) is 6.32. The van der Waals surface area contributed by atoms with Crippen molar-refractivity contribution in [1.82, 2.24) is 30.1 Å². The van der Waals surface area contributed by atoms with E-state index in [4.69, 9.17) is 26.8 Å². The van der Waals surface area contributed by atoms with Crippen LogP contribution in [0.5, 0.6) is 5.75 Å². The topological polar surface area (TPSA) is 150 Å². The molecule has 2 amide bonds. The molecular formula is C24H27ClN8O4. The van der Waals surface area contributed by atoms with Gasteiger partial charge in [0.05, 0.1) is 29.6 Å². The Hall–Kier alpha value is -4.19. The summed E-state index contributed by atoms with van der Waals surface area (Å²) in [6.45, 7) is 7.23. The van der Waals surface area contributed by atoms with Crippen LogP contribution < -0.4 is 20.7 Å². The number of ether oxygens (including phenoxy) is 2. The molecule has 0 saturated heterocycles. The molecule has 0 radical (unpaired) electrons. The largest absolute Gasteiger partial charge is 0.489 e. The van der Waals surface area contributed by atoms with Gasteiger partial charge in [0.1, 0.15) is 18.0 Å². The number of nitrogens with zero attached hydrogens (tertiary/aromatic N) is 6. The Morgan fingerprint density at radius 2 is 2.00 bits per heavy atom. The van der Waals surface area contributed by atoms with Crippen molar-refractivity contribution >= 4 is 51.5 Å². The van der Waals surface area contributed by atoms with Gasteiger partial charge in [0.25, 0.3) is 5.91 Å². The third kappa shape index (κ3) is 5.80. The molecule has 4 aromatic rings. The summed E-state index contributed by atoms with van der Waals surface area (Å²) in [4.78, 5) is 31.2. The summed E-state index contributed by atoms with van der Waals surface area (Å²) < 4.78 is 12.6. The molecule has 3 N–H and O–H groups in total. The number of carbonyl (C=O) groups excluding carboxylic acids is 2. The average Bonchev–Trinajstić information content (AvgIpc) is 3.24. The molecule has 194 valence electrons. The van der Waals surface area contributed by atoms with E-state index in [1.165, 1.54) is 34.9 Å². The first-order chi connectivity index (χ1) is 17.4. The highest BCUT2D eigenvalue weighted by Gasteiger charge is 2.25. The Bertz CT molecular complexity index is 1480. The third-order valence-corrected chi connectivity index (χ3v) is 5.36. The van der Waals surface area contributed by atoms with Gasteiger partial charge in [0.15, 0.2) is 16.5 Å². The fourth-order valence-corrected chi connectivity index (χ4v) is 3.65. The third-order valence-electron chi connectivity index (χ3n) is 5.17. The molecule has 0 aliphatic heterocycles. The molecule has 0 fully saturated rings. The number of nitrogens with two attached hydrogens (primary N) is 1. The van der Waals surface area contributed by atoms with Crippen LogP contribution in [-0.2, 0) is 4.74 Å². The number of benzene rings is 1. The number of anilines is 2. The molecule has 3 aromatic heterocycles. The summed E-state index contributed by atoms with van der Waals surface area (Å²) in [5.41, 5.74) is 7.14. The zero-order valence-electron chi connectivity index (χ0n) is 21.0. The number of hydrogen-bond donors (Lipinski definition) is 2. The number of aromatic nitrogens is 5. The van der Waals surface area contributed by atoms with E-state index in [1.807, 2.05) is 0 Å². The number of rotatable bonds is 6. The van der Waals surface area contributed by atoms with Gasteiger partial charge in [0.2, 0.25) is 0 Å². The lowest BCUT2D eigenvalue weighted by Gasteiger charge is -2.24. The van der Waals surface area contributed by atoms with E-state index >= 15 is 0 Å². The first-order valence-electron chi connectivity index (χ1n) is 11.4. The van der Waals surface area contributed by atoms with E-state index in [0.717, 1.165) is 5.39 Å². The van der Waals surface area contributed by atoms with Gasteiger partial charge in [-0.05, 0) is 45.9 Å². The number of fused-ring (bicyclic) bond motifs is 2. The second-order valence-electron chi connectivity index (χ2n) is 9.44. The number of nitrogens with one attached hydrogen (secondary N) is 1. The summed E-state index contributed by atoms with van der Waals surface area (Å²) in [5, 5.41) is 15.8. The van der Waals surface area contributed by atoms with Crippen molar-refractivity contribution in [2.75, 3.05) is 24.3 Å². The number of imidazole rings is 1. The minimum atomic E-state index is -0.692. The highest BCUT2D eigenvalue weighted by atomic mass is 35.5. The summed E-state index contributed by atoms with van der Waals surface area (Å²) in [7, 11) is 1.53. The average molecular weight is 527 g/mol. The molecule has 0 unspecified atom stereocenters. The van der Waals surface area contributed by atoms with Crippen LogP contribution in [0, 0.1) is 0 Å². The predicted molar refractivity (Wildman–Crippen MR) is 139 cm³/mol. The van der Waals surface area contributed by atoms with E-state index in [9.17, 15) is 9.59 Å². The molecule has 12 nitrogen and oxygen atoms in total. The van der Waals surface area contributed by atoms with Crippen LogP contribution in [0.4, 0.5) is 16.2 Å². The van der Waals surface area contributed by atoms with Gasteiger partial charge in [-0.15, -0.1) is 0 Å². The molecule has 0 aliphatic carbocycles. The maximum Gasteiger partial charge on any atom is 0.414 e. The van der Waals surface area contributed by atoms with Crippen molar-refractivity contribution in [3.05, 3.63) is 47.5 Å². The van der Waals surface area contributed by atoms with Gasteiger partial charge in [-0.1, -0.05) is 11.6 Å². The molecule has 0 saturated carbocycles. The van der Waals surface area contributed by atoms with Crippen LogP contribution in [0.2, 0.25) is 5.15 Å². The molecule has 1 atom stereocenters. The Morgan fingerprint density at radius 3 is 2.73 bits per heavy atom. The van der Waals surface area contributed by atoms with Crippen molar-refractivity contribution in [2.45, 2.75) is 39.3 Å². The lowest BCUT2D eigenvalue weighted by molar-refractivity contribution is 0.0589. The zero-order chi connectivity index (χ0) is 26.9. The van der Waals surface area contributed by atoms with Crippen molar-refractivity contribution < 1.29 is 19.1 Å². The van der Waals surface area contributed by atoms with E-state index < -0.39 is 23.6 Å². The maximum atomic E-state index is 13.1. The number of nitrogen functional groups attached to an aromatic ring is 1. The molecule has 1 aromatic carbocycles. The van der Waals surface area contributed by atoms with Gasteiger partial charge < -0.3 is 20.5 Å². The van der Waals surface area contributed by atoms with Crippen LogP contribution in [0.25, 0.3) is 16.6 Å². The van der Waals surface area contributed by atoms with Gasteiger partial charge in [-0.3, -0.25) is 9.69 Å². The number of halogens is 1. The van der Waals surface area contributed by atoms with E-state index in [1.54, 1.807) is 45.9 Å².